The molecule has 0 bridgehead atoms. The number of aromatic amines is 1. The Balaban J connectivity index is 1.76. The molecule has 1 fully saturated rings. The lowest BCUT2D eigenvalue weighted by Crippen LogP contribution is -2.36. The van der Waals surface area contributed by atoms with Crippen molar-refractivity contribution >= 4 is 23.5 Å². The first-order valence-electron chi connectivity index (χ1n) is 9.68. The van der Waals surface area contributed by atoms with Crippen molar-refractivity contribution in [2.45, 2.75) is 50.2 Å². The van der Waals surface area contributed by atoms with Crippen LogP contribution in [-0.4, -0.2) is 40.3 Å². The fourth-order valence-corrected chi connectivity index (χ4v) is 5.17. The Morgan fingerprint density at radius 2 is 2.13 bits per heavy atom. The summed E-state index contributed by atoms with van der Waals surface area (Å²) in [5, 5.41) is 5.24. The van der Waals surface area contributed by atoms with Crippen LogP contribution in [0.1, 0.15) is 49.1 Å². The van der Waals surface area contributed by atoms with Gasteiger partial charge in [0.25, 0.3) is 5.56 Å². The van der Waals surface area contributed by atoms with E-state index >= 15 is 0 Å². The highest BCUT2D eigenvalue weighted by atomic mass is 32.2. The molecule has 4 rings (SSSR count). The average Bonchev–Trinajstić information content (AvgIpc) is 2.87. The van der Waals surface area contributed by atoms with E-state index in [2.05, 4.69) is 15.2 Å². The topological polar surface area (TPSA) is 85.4 Å². The smallest absolute Gasteiger partial charge is 0.387 e. The van der Waals surface area contributed by atoms with Crippen molar-refractivity contribution in [2.75, 3.05) is 17.7 Å². The molecule has 2 atom stereocenters. The van der Waals surface area contributed by atoms with E-state index in [1.54, 1.807) is 16.8 Å². The van der Waals surface area contributed by atoms with Crippen LogP contribution in [0.25, 0.3) is 0 Å². The van der Waals surface area contributed by atoms with Gasteiger partial charge in [0.1, 0.15) is 11.6 Å². The summed E-state index contributed by atoms with van der Waals surface area (Å²) in [6, 6.07) is 6.21. The number of aromatic nitrogens is 2. The maximum atomic E-state index is 13.0. The molecule has 2 aliphatic heterocycles. The van der Waals surface area contributed by atoms with Gasteiger partial charge in [0.05, 0.1) is 28.2 Å². The van der Waals surface area contributed by atoms with Crippen LogP contribution >= 0.6 is 11.8 Å². The van der Waals surface area contributed by atoms with Gasteiger partial charge in [0.2, 0.25) is 5.91 Å². The van der Waals surface area contributed by atoms with Crippen LogP contribution in [0.3, 0.4) is 0 Å². The Labute approximate surface area is 176 Å². The lowest BCUT2D eigenvalue weighted by molar-refractivity contribution is -0.113. The normalized spacial score (nSPS) is 23.6. The second-order valence-electron chi connectivity index (χ2n) is 8.02. The van der Waals surface area contributed by atoms with Gasteiger partial charge in [-0.3, -0.25) is 19.4 Å². The van der Waals surface area contributed by atoms with E-state index in [1.807, 2.05) is 13.8 Å². The van der Waals surface area contributed by atoms with Gasteiger partial charge in [-0.25, -0.2) is 0 Å². The number of hydrogen-bond donors (Lipinski definition) is 2. The first kappa shape index (κ1) is 20.9. The maximum Gasteiger partial charge on any atom is 0.387 e. The molecule has 1 amide bonds. The summed E-state index contributed by atoms with van der Waals surface area (Å²) in [6.45, 7) is 1.59. The Kier molecular flexibility index (Phi) is 5.63. The number of H-pyrrole nitrogens is 1. The first-order chi connectivity index (χ1) is 14.2. The van der Waals surface area contributed by atoms with E-state index < -0.39 is 11.9 Å². The predicted octanol–water partition coefficient (Wildman–Crippen LogP) is 3.68. The van der Waals surface area contributed by atoms with Crippen LogP contribution in [0.4, 0.5) is 14.6 Å². The van der Waals surface area contributed by atoms with Crippen molar-refractivity contribution in [1.82, 2.24) is 9.78 Å². The number of benzene rings is 1. The molecule has 0 saturated carbocycles. The molecule has 2 aromatic rings. The van der Waals surface area contributed by atoms with Gasteiger partial charge in [-0.05, 0) is 44.4 Å². The van der Waals surface area contributed by atoms with Crippen LogP contribution in [-0.2, 0) is 9.53 Å². The number of amides is 1. The number of ether oxygens (including phenoxy) is 2. The second kappa shape index (κ2) is 8.07. The zero-order valence-corrected chi connectivity index (χ0v) is 17.4. The predicted molar refractivity (Wildman–Crippen MR) is 109 cm³/mol. The van der Waals surface area contributed by atoms with E-state index in [0.717, 1.165) is 0 Å². The summed E-state index contributed by atoms with van der Waals surface area (Å²) < 4.78 is 37.3. The number of halogens is 2. The molecule has 0 radical (unpaired) electrons. The quantitative estimate of drug-likeness (QED) is 0.759. The Morgan fingerprint density at radius 1 is 1.33 bits per heavy atom. The summed E-state index contributed by atoms with van der Waals surface area (Å²) >= 11 is 1.28. The minimum atomic E-state index is -2.94. The van der Waals surface area contributed by atoms with Gasteiger partial charge in [-0.2, -0.15) is 8.78 Å². The molecule has 1 aromatic carbocycles. The average molecular weight is 439 g/mol. The molecule has 0 spiro atoms. The number of carbonyl (C=O) groups is 1. The zero-order chi connectivity index (χ0) is 21.5. The summed E-state index contributed by atoms with van der Waals surface area (Å²) in [6.07, 6.45) is 1.38. The maximum absolute atomic E-state index is 13.0. The molecule has 3 heterocycles. The number of nitrogens with zero attached hydrogens (tertiary/aromatic N) is 1. The summed E-state index contributed by atoms with van der Waals surface area (Å²) in [5.41, 5.74) is 0.367. The zero-order valence-electron chi connectivity index (χ0n) is 16.6. The number of fused-ring (bicyclic) bond motifs is 1. The minimum absolute atomic E-state index is 0.00947. The third-order valence-corrected chi connectivity index (χ3v) is 6.56. The monoisotopic (exact) mass is 439 g/mol. The number of carbonyl (C=O) groups excluding carboxylic acids is 1. The van der Waals surface area contributed by atoms with E-state index in [4.69, 9.17) is 4.74 Å². The molecule has 2 aliphatic rings. The third-order valence-electron chi connectivity index (χ3n) is 5.29. The highest BCUT2D eigenvalue weighted by Crippen LogP contribution is 2.42. The molecule has 0 unspecified atom stereocenters. The number of thioether (sulfide) groups is 1. The third kappa shape index (κ3) is 4.24. The van der Waals surface area contributed by atoms with Crippen molar-refractivity contribution in [2.24, 2.45) is 0 Å². The first-order valence-corrected chi connectivity index (χ1v) is 10.7. The highest BCUT2D eigenvalue weighted by molar-refractivity contribution is 8.00. The van der Waals surface area contributed by atoms with E-state index in [9.17, 15) is 18.4 Å². The van der Waals surface area contributed by atoms with Crippen molar-refractivity contribution < 1.29 is 23.0 Å². The van der Waals surface area contributed by atoms with Gasteiger partial charge in [0, 0.05) is 6.61 Å². The molecule has 1 aromatic heterocycles. The largest absolute Gasteiger partial charge is 0.435 e. The van der Waals surface area contributed by atoms with Crippen molar-refractivity contribution in [3.8, 4) is 5.75 Å². The van der Waals surface area contributed by atoms with Crippen LogP contribution in [0, 0.1) is 0 Å². The fraction of sp³-hybridized carbons (Fsp3) is 0.500. The highest BCUT2D eigenvalue weighted by Gasteiger charge is 2.36. The van der Waals surface area contributed by atoms with Crippen LogP contribution < -0.4 is 15.6 Å². The van der Waals surface area contributed by atoms with Crippen molar-refractivity contribution in [3.63, 3.8) is 0 Å². The molecular formula is C20H23F2N3O4S. The van der Waals surface area contributed by atoms with Crippen LogP contribution in [0.5, 0.6) is 5.75 Å². The number of anilines is 1. The van der Waals surface area contributed by atoms with E-state index in [-0.39, 0.29) is 34.6 Å². The van der Waals surface area contributed by atoms with Crippen LogP contribution in [0.15, 0.2) is 29.1 Å². The number of hydrogen-bond acceptors (Lipinski definition) is 5. The standard InChI is InChI=1S/C20H23F2N3O4S/c1-20(2)9-12(6-7-28-20)25-17-15(18(27)24-25)16(30-10-14(26)23-17)11-4-3-5-13(8-11)29-19(21)22/h3-5,8,12,16,19H,6-7,9-10H2,1-2H3,(H,23,26)(H,24,27)/t12-,16-/m1/s1. The lowest BCUT2D eigenvalue weighted by atomic mass is 9.94. The number of nitrogens with one attached hydrogen (secondary N) is 2. The molecule has 0 aliphatic carbocycles. The van der Waals surface area contributed by atoms with Gasteiger partial charge in [0.15, 0.2) is 0 Å². The molecule has 162 valence electrons. The number of rotatable bonds is 4. The van der Waals surface area contributed by atoms with Crippen LogP contribution in [0.2, 0.25) is 0 Å². The fourth-order valence-electron chi connectivity index (χ4n) is 4.05. The lowest BCUT2D eigenvalue weighted by Gasteiger charge is -2.36. The Morgan fingerprint density at radius 3 is 2.87 bits per heavy atom. The SMILES string of the molecule is CC1(C)C[C@H](n2[nH]c(=O)c3c2NC(=O)CS[C@@H]3c2cccc(OC(F)F)c2)CCO1. The molecule has 1 saturated heterocycles. The van der Waals surface area contributed by atoms with E-state index in [1.165, 1.54) is 23.9 Å². The molecular weight excluding hydrogens is 416 g/mol. The summed E-state index contributed by atoms with van der Waals surface area (Å²) in [5.74, 6) is 0.360. The molecule has 7 nitrogen and oxygen atoms in total. The molecule has 30 heavy (non-hydrogen) atoms. The van der Waals surface area contributed by atoms with Gasteiger partial charge in [-0.15, -0.1) is 11.8 Å². The minimum Gasteiger partial charge on any atom is -0.435 e. The Hall–Kier alpha value is -2.33. The Bertz CT molecular complexity index is 1000. The van der Waals surface area contributed by atoms with Crippen molar-refractivity contribution in [1.29, 1.82) is 0 Å². The number of alkyl halides is 2. The van der Waals surface area contributed by atoms with Gasteiger partial charge in [-0.1, -0.05) is 12.1 Å². The van der Waals surface area contributed by atoms with Gasteiger partial charge >= 0.3 is 6.61 Å². The summed E-state index contributed by atoms with van der Waals surface area (Å²) in [4.78, 5) is 25.4. The van der Waals surface area contributed by atoms with E-state index in [0.29, 0.717) is 36.4 Å². The second-order valence-corrected chi connectivity index (χ2v) is 9.11. The van der Waals surface area contributed by atoms with Gasteiger partial charge < -0.3 is 14.8 Å². The molecule has 2 N–H and O–H groups in total. The summed E-state index contributed by atoms with van der Waals surface area (Å²) in [7, 11) is 0. The molecule has 10 heteroatoms. The van der Waals surface area contributed by atoms with Crippen molar-refractivity contribution in [3.05, 3.63) is 45.7 Å².